The molecule has 7 heteroatoms. The summed E-state index contributed by atoms with van der Waals surface area (Å²) in [6.45, 7) is 1.87. The number of benzene rings is 3. The molecule has 7 nitrogen and oxygen atoms in total. The van der Waals surface area contributed by atoms with E-state index in [1.165, 1.54) is 12.1 Å². The average molecular weight is 441 g/mol. The quantitative estimate of drug-likeness (QED) is 0.410. The third-order valence-corrected chi connectivity index (χ3v) is 5.12. The van der Waals surface area contributed by atoms with E-state index in [1.54, 1.807) is 23.7 Å². The van der Waals surface area contributed by atoms with E-state index in [9.17, 15) is 9.59 Å². The van der Waals surface area contributed by atoms with Crippen LogP contribution in [-0.2, 0) is 16.1 Å². The number of para-hydroxylation sites is 1. The first-order valence-corrected chi connectivity index (χ1v) is 10.5. The molecule has 1 heterocycles. The summed E-state index contributed by atoms with van der Waals surface area (Å²) < 4.78 is 7.68. The maximum Gasteiger partial charge on any atom is 0.335 e. The van der Waals surface area contributed by atoms with Gasteiger partial charge < -0.3 is 15.2 Å². The first-order chi connectivity index (χ1) is 16.0. The van der Waals surface area contributed by atoms with E-state index in [-0.39, 0.29) is 18.1 Å². The van der Waals surface area contributed by atoms with E-state index < -0.39 is 12.1 Å². The number of aromatic carboxylic acids is 1. The molecule has 0 spiro atoms. The van der Waals surface area contributed by atoms with Gasteiger partial charge >= 0.3 is 5.97 Å². The summed E-state index contributed by atoms with van der Waals surface area (Å²) in [4.78, 5) is 23.5. The highest BCUT2D eigenvalue weighted by molar-refractivity contribution is 5.94. The maximum atomic E-state index is 12.6. The summed E-state index contributed by atoms with van der Waals surface area (Å²) >= 11 is 0. The van der Waals surface area contributed by atoms with Crippen molar-refractivity contribution in [3.63, 3.8) is 0 Å². The van der Waals surface area contributed by atoms with Crippen molar-refractivity contribution < 1.29 is 19.4 Å². The minimum Gasteiger partial charge on any atom is -0.478 e. The Morgan fingerprint density at radius 2 is 1.61 bits per heavy atom. The second-order valence-corrected chi connectivity index (χ2v) is 7.47. The van der Waals surface area contributed by atoms with Crippen LogP contribution in [0.3, 0.4) is 0 Å². The smallest absolute Gasteiger partial charge is 0.335 e. The van der Waals surface area contributed by atoms with Crippen LogP contribution in [-0.4, -0.2) is 32.9 Å². The summed E-state index contributed by atoms with van der Waals surface area (Å²) in [7, 11) is 0. The predicted molar refractivity (Wildman–Crippen MR) is 125 cm³/mol. The van der Waals surface area contributed by atoms with Crippen LogP contribution >= 0.6 is 0 Å². The van der Waals surface area contributed by atoms with Crippen molar-refractivity contribution in [1.82, 2.24) is 9.78 Å². The Balaban J connectivity index is 1.48. The van der Waals surface area contributed by atoms with Crippen LogP contribution in [0, 0.1) is 0 Å². The molecule has 0 radical (unpaired) electrons. The van der Waals surface area contributed by atoms with Crippen LogP contribution in [0.4, 0.5) is 5.69 Å². The van der Waals surface area contributed by atoms with E-state index in [0.717, 1.165) is 22.5 Å². The number of nitrogens with one attached hydrogen (secondary N) is 1. The van der Waals surface area contributed by atoms with Crippen molar-refractivity contribution >= 4 is 17.6 Å². The van der Waals surface area contributed by atoms with Gasteiger partial charge in [0.05, 0.1) is 23.6 Å². The molecule has 4 aromatic rings. The van der Waals surface area contributed by atoms with Crippen LogP contribution < -0.4 is 5.32 Å². The van der Waals surface area contributed by atoms with Crippen LogP contribution in [0.2, 0.25) is 0 Å². The number of aromatic nitrogens is 2. The third kappa shape index (κ3) is 5.34. The van der Waals surface area contributed by atoms with Crippen LogP contribution in [0.5, 0.6) is 0 Å². The fourth-order valence-corrected chi connectivity index (χ4v) is 3.30. The lowest BCUT2D eigenvalue weighted by atomic mass is 10.1. The predicted octanol–water partition coefficient (Wildman–Crippen LogP) is 4.78. The molecule has 0 saturated heterocycles. The molecule has 4 rings (SSSR count). The zero-order chi connectivity index (χ0) is 23.2. The highest BCUT2D eigenvalue weighted by atomic mass is 16.5. The number of anilines is 1. The van der Waals surface area contributed by atoms with E-state index in [1.807, 2.05) is 66.9 Å². The zero-order valence-corrected chi connectivity index (χ0v) is 18.0. The number of hydrogen-bond donors (Lipinski definition) is 2. The standard InChI is InChI=1S/C26H23N3O4/c1-18(25(30)27-22-14-12-20(13-15-22)26(31)32)33-17-21-16-29(23-10-6-3-7-11-23)28-24(21)19-8-4-2-5-9-19/h2-16,18H,17H2,1H3,(H,27,30)(H,31,32). The van der Waals surface area contributed by atoms with Crippen molar-refractivity contribution in [3.05, 3.63) is 102 Å². The second kappa shape index (κ2) is 9.93. The summed E-state index contributed by atoms with van der Waals surface area (Å²) in [5, 5.41) is 16.5. The molecule has 3 aromatic carbocycles. The van der Waals surface area contributed by atoms with Gasteiger partial charge in [-0.25, -0.2) is 9.48 Å². The summed E-state index contributed by atoms with van der Waals surface area (Å²) in [6.07, 6.45) is 1.18. The molecule has 1 amide bonds. The van der Waals surface area contributed by atoms with Gasteiger partial charge in [-0.1, -0.05) is 48.5 Å². The number of carbonyl (C=O) groups excluding carboxylic acids is 1. The van der Waals surface area contributed by atoms with Gasteiger partial charge in [0.15, 0.2) is 0 Å². The third-order valence-electron chi connectivity index (χ3n) is 5.12. The molecule has 0 fully saturated rings. The number of hydrogen-bond acceptors (Lipinski definition) is 4. The molecular formula is C26H23N3O4. The maximum absolute atomic E-state index is 12.6. The fraction of sp³-hybridized carbons (Fsp3) is 0.115. The van der Waals surface area contributed by atoms with Gasteiger partial charge in [0.2, 0.25) is 0 Å². The number of carbonyl (C=O) groups is 2. The van der Waals surface area contributed by atoms with Crippen LogP contribution in [0.1, 0.15) is 22.8 Å². The molecule has 0 aliphatic rings. The first kappa shape index (κ1) is 22.0. The Morgan fingerprint density at radius 3 is 2.24 bits per heavy atom. The Morgan fingerprint density at radius 1 is 0.970 bits per heavy atom. The fourth-order valence-electron chi connectivity index (χ4n) is 3.30. The molecule has 0 aliphatic heterocycles. The minimum absolute atomic E-state index is 0.154. The Hall–Kier alpha value is -4.23. The highest BCUT2D eigenvalue weighted by Gasteiger charge is 2.18. The Kier molecular flexibility index (Phi) is 6.61. The van der Waals surface area contributed by atoms with Crippen molar-refractivity contribution in [3.8, 4) is 16.9 Å². The molecule has 1 atom stereocenters. The summed E-state index contributed by atoms with van der Waals surface area (Å²) in [5.41, 5.74) is 4.19. The topological polar surface area (TPSA) is 93.5 Å². The lowest BCUT2D eigenvalue weighted by Crippen LogP contribution is -2.27. The molecule has 166 valence electrons. The molecular weight excluding hydrogens is 418 g/mol. The van der Waals surface area contributed by atoms with E-state index in [0.29, 0.717) is 5.69 Å². The van der Waals surface area contributed by atoms with Gasteiger partial charge in [-0.3, -0.25) is 4.79 Å². The summed E-state index contributed by atoms with van der Waals surface area (Å²) in [5.74, 6) is -1.34. The lowest BCUT2D eigenvalue weighted by molar-refractivity contribution is -0.127. The number of rotatable bonds is 8. The van der Waals surface area contributed by atoms with E-state index in [4.69, 9.17) is 14.9 Å². The van der Waals surface area contributed by atoms with Gasteiger partial charge in [0.1, 0.15) is 6.10 Å². The Bertz CT molecular complexity index is 1240. The number of nitrogens with zero attached hydrogens (tertiary/aromatic N) is 2. The van der Waals surface area contributed by atoms with Crippen molar-refractivity contribution in [1.29, 1.82) is 0 Å². The van der Waals surface area contributed by atoms with E-state index >= 15 is 0 Å². The van der Waals surface area contributed by atoms with Crippen molar-refractivity contribution in [2.24, 2.45) is 0 Å². The molecule has 1 aromatic heterocycles. The molecule has 0 aliphatic carbocycles. The van der Waals surface area contributed by atoms with Crippen molar-refractivity contribution in [2.45, 2.75) is 19.6 Å². The molecule has 0 bridgehead atoms. The van der Waals surface area contributed by atoms with E-state index in [2.05, 4.69) is 5.32 Å². The number of amides is 1. The number of carboxylic acids is 1. The minimum atomic E-state index is -1.02. The van der Waals surface area contributed by atoms with Crippen molar-refractivity contribution in [2.75, 3.05) is 5.32 Å². The monoisotopic (exact) mass is 441 g/mol. The van der Waals surface area contributed by atoms with Gasteiger partial charge in [0.25, 0.3) is 5.91 Å². The van der Waals surface area contributed by atoms with Crippen LogP contribution in [0.15, 0.2) is 91.1 Å². The van der Waals surface area contributed by atoms with Gasteiger partial charge in [-0.2, -0.15) is 5.10 Å². The molecule has 1 unspecified atom stereocenters. The first-order valence-electron chi connectivity index (χ1n) is 10.5. The van der Waals surface area contributed by atoms with Gasteiger partial charge in [-0.05, 0) is 43.3 Å². The molecule has 33 heavy (non-hydrogen) atoms. The number of ether oxygens (including phenoxy) is 1. The highest BCUT2D eigenvalue weighted by Crippen LogP contribution is 2.24. The summed E-state index contributed by atoms with van der Waals surface area (Å²) in [6, 6.07) is 25.6. The normalized spacial score (nSPS) is 11.7. The number of carboxylic acid groups (broad SMARTS) is 1. The molecule has 0 saturated carbocycles. The van der Waals surface area contributed by atoms with Crippen LogP contribution in [0.25, 0.3) is 16.9 Å². The Labute approximate surface area is 191 Å². The largest absolute Gasteiger partial charge is 0.478 e. The lowest BCUT2D eigenvalue weighted by Gasteiger charge is -2.13. The SMILES string of the molecule is CC(OCc1cn(-c2ccccc2)nc1-c1ccccc1)C(=O)Nc1ccc(C(=O)O)cc1. The van der Waals surface area contributed by atoms with Gasteiger partial charge in [-0.15, -0.1) is 0 Å². The van der Waals surface area contributed by atoms with Gasteiger partial charge in [0, 0.05) is 23.0 Å². The average Bonchev–Trinajstić information content (AvgIpc) is 3.28. The zero-order valence-electron chi connectivity index (χ0n) is 18.0. The second-order valence-electron chi connectivity index (χ2n) is 7.47. The molecule has 2 N–H and O–H groups in total.